The molecule has 0 atom stereocenters. The largest absolute Gasteiger partial charge is 0.486 e. The molecule has 134 valence electrons. The zero-order valence-corrected chi connectivity index (χ0v) is 14.2. The molecule has 7 heteroatoms. The van der Waals surface area contributed by atoms with Crippen molar-refractivity contribution in [3.8, 4) is 23.5 Å². The van der Waals surface area contributed by atoms with Gasteiger partial charge in [-0.25, -0.2) is 0 Å². The van der Waals surface area contributed by atoms with E-state index in [-0.39, 0.29) is 24.1 Å². The molecule has 7 nitrogen and oxygen atoms in total. The van der Waals surface area contributed by atoms with Gasteiger partial charge in [0.05, 0.1) is 12.8 Å². The zero-order valence-electron chi connectivity index (χ0n) is 14.2. The fraction of sp³-hybridized carbons (Fsp3) is 0.100. The molecule has 4 aromatic rings. The van der Waals surface area contributed by atoms with Crippen LogP contribution in [0.1, 0.15) is 17.2 Å². The Morgan fingerprint density at radius 3 is 2.67 bits per heavy atom. The Balaban J connectivity index is 1.45. The zero-order chi connectivity index (χ0) is 18.5. The first-order valence-electron chi connectivity index (χ1n) is 8.26. The summed E-state index contributed by atoms with van der Waals surface area (Å²) in [7, 11) is 0. The van der Waals surface area contributed by atoms with Crippen LogP contribution in [0.3, 0.4) is 0 Å². The highest BCUT2D eigenvalue weighted by Crippen LogP contribution is 2.27. The van der Waals surface area contributed by atoms with E-state index in [1.165, 1.54) is 0 Å². The van der Waals surface area contributed by atoms with E-state index in [9.17, 15) is 5.26 Å². The van der Waals surface area contributed by atoms with Crippen LogP contribution >= 0.6 is 0 Å². The maximum Gasteiger partial charge on any atom is 0.266 e. The lowest BCUT2D eigenvalue weighted by atomic mass is 10.3. The third kappa shape index (κ3) is 3.85. The predicted octanol–water partition coefficient (Wildman–Crippen LogP) is 4.59. The molecule has 0 bridgehead atoms. The third-order valence-electron chi connectivity index (χ3n) is 3.73. The molecule has 1 aromatic carbocycles. The van der Waals surface area contributed by atoms with Crippen LogP contribution in [-0.4, -0.2) is 4.98 Å². The Labute approximate surface area is 154 Å². The number of ether oxygens (including phenoxy) is 1. The summed E-state index contributed by atoms with van der Waals surface area (Å²) < 4.78 is 22.3. The average Bonchev–Trinajstić information content (AvgIpc) is 3.45. The van der Waals surface area contributed by atoms with Crippen LogP contribution < -0.4 is 10.1 Å². The molecule has 3 aromatic heterocycles. The molecule has 0 aliphatic carbocycles. The molecule has 4 rings (SSSR count). The number of benzene rings is 1. The van der Waals surface area contributed by atoms with E-state index in [0.717, 1.165) is 11.5 Å². The number of hydrogen-bond acceptors (Lipinski definition) is 7. The van der Waals surface area contributed by atoms with Crippen molar-refractivity contribution in [1.82, 2.24) is 4.98 Å². The lowest BCUT2D eigenvalue weighted by Crippen LogP contribution is -1.98. The van der Waals surface area contributed by atoms with Crippen LogP contribution in [0, 0.1) is 11.3 Å². The summed E-state index contributed by atoms with van der Waals surface area (Å²) >= 11 is 0. The molecule has 0 saturated heterocycles. The predicted molar refractivity (Wildman–Crippen MR) is 95.7 cm³/mol. The second kappa shape index (κ2) is 7.54. The Kier molecular flexibility index (Phi) is 4.62. The van der Waals surface area contributed by atoms with Crippen LogP contribution in [0.4, 0.5) is 5.88 Å². The van der Waals surface area contributed by atoms with E-state index >= 15 is 0 Å². The van der Waals surface area contributed by atoms with Gasteiger partial charge < -0.3 is 23.3 Å². The normalized spacial score (nSPS) is 10.5. The van der Waals surface area contributed by atoms with Crippen molar-refractivity contribution < 1.29 is 18.0 Å². The summed E-state index contributed by atoms with van der Waals surface area (Å²) in [5, 5.41) is 12.3. The average molecular weight is 361 g/mol. The Morgan fingerprint density at radius 1 is 1.00 bits per heavy atom. The summed E-state index contributed by atoms with van der Waals surface area (Å²) in [6.07, 6.45) is 1.58. The minimum Gasteiger partial charge on any atom is -0.486 e. The van der Waals surface area contributed by atoms with E-state index in [0.29, 0.717) is 18.1 Å². The fourth-order valence-electron chi connectivity index (χ4n) is 2.44. The summed E-state index contributed by atoms with van der Waals surface area (Å²) in [6.45, 7) is 0.657. The van der Waals surface area contributed by atoms with Gasteiger partial charge in [-0.3, -0.25) is 0 Å². The molecule has 0 unspecified atom stereocenters. The first-order valence-corrected chi connectivity index (χ1v) is 8.26. The van der Waals surface area contributed by atoms with E-state index in [2.05, 4.69) is 10.3 Å². The van der Waals surface area contributed by atoms with E-state index in [1.54, 1.807) is 24.5 Å². The number of aromatic nitrogens is 1. The fourth-order valence-corrected chi connectivity index (χ4v) is 2.44. The van der Waals surface area contributed by atoms with Crippen LogP contribution in [0.25, 0.3) is 11.7 Å². The van der Waals surface area contributed by atoms with Gasteiger partial charge in [-0.05, 0) is 36.4 Å². The first-order chi connectivity index (χ1) is 13.3. The topological polar surface area (TPSA) is 97.4 Å². The van der Waals surface area contributed by atoms with Crippen molar-refractivity contribution in [2.24, 2.45) is 0 Å². The highest BCUT2D eigenvalue weighted by Gasteiger charge is 2.17. The van der Waals surface area contributed by atoms with E-state index < -0.39 is 0 Å². The van der Waals surface area contributed by atoms with E-state index in [1.807, 2.05) is 42.5 Å². The highest BCUT2D eigenvalue weighted by molar-refractivity contribution is 5.54. The summed E-state index contributed by atoms with van der Waals surface area (Å²) in [6, 6.07) is 18.6. The quantitative estimate of drug-likeness (QED) is 0.514. The van der Waals surface area contributed by atoms with Gasteiger partial charge in [0.25, 0.3) is 5.89 Å². The summed E-state index contributed by atoms with van der Waals surface area (Å²) in [5.74, 6) is 3.00. The van der Waals surface area contributed by atoms with Gasteiger partial charge in [0, 0.05) is 0 Å². The van der Waals surface area contributed by atoms with Gasteiger partial charge in [-0.1, -0.05) is 18.2 Å². The number of oxazole rings is 1. The van der Waals surface area contributed by atoms with Crippen LogP contribution in [0.5, 0.6) is 5.75 Å². The maximum absolute atomic E-state index is 9.26. The van der Waals surface area contributed by atoms with Gasteiger partial charge >= 0.3 is 0 Å². The van der Waals surface area contributed by atoms with Crippen LogP contribution in [0.15, 0.2) is 74.1 Å². The third-order valence-corrected chi connectivity index (χ3v) is 3.73. The molecule has 0 aliphatic heterocycles. The van der Waals surface area contributed by atoms with Crippen molar-refractivity contribution in [2.45, 2.75) is 13.2 Å². The molecule has 0 aliphatic rings. The molecule has 0 radical (unpaired) electrons. The lowest BCUT2D eigenvalue weighted by molar-refractivity contribution is 0.271. The number of nitrogens with zero attached hydrogens (tertiary/aromatic N) is 2. The van der Waals surface area contributed by atoms with Gasteiger partial charge in [-0.15, -0.1) is 0 Å². The number of anilines is 1. The van der Waals surface area contributed by atoms with Crippen molar-refractivity contribution in [3.05, 3.63) is 78.1 Å². The number of hydrogen-bond donors (Lipinski definition) is 1. The maximum atomic E-state index is 9.26. The van der Waals surface area contributed by atoms with Crippen LogP contribution in [-0.2, 0) is 13.2 Å². The SMILES string of the molecule is N#Cc1nc(-c2ccc(COc3ccccc3)o2)oc1NCc1ccco1. The van der Waals surface area contributed by atoms with E-state index in [4.69, 9.17) is 18.0 Å². The summed E-state index contributed by atoms with van der Waals surface area (Å²) in [4.78, 5) is 4.18. The van der Waals surface area contributed by atoms with Crippen molar-refractivity contribution in [1.29, 1.82) is 5.26 Å². The van der Waals surface area contributed by atoms with Gasteiger partial charge in [-0.2, -0.15) is 10.2 Å². The minimum atomic E-state index is 0.148. The highest BCUT2D eigenvalue weighted by atomic mass is 16.5. The second-order valence-electron chi connectivity index (χ2n) is 5.61. The lowest BCUT2D eigenvalue weighted by Gasteiger charge is -2.02. The number of nitriles is 1. The molecule has 0 saturated carbocycles. The minimum absolute atomic E-state index is 0.148. The van der Waals surface area contributed by atoms with Crippen molar-refractivity contribution >= 4 is 5.88 Å². The molecule has 0 fully saturated rings. The number of rotatable bonds is 7. The number of nitrogens with one attached hydrogen (secondary N) is 1. The summed E-state index contributed by atoms with van der Waals surface area (Å²) in [5.41, 5.74) is 0.148. The van der Waals surface area contributed by atoms with Crippen molar-refractivity contribution in [2.75, 3.05) is 5.32 Å². The molecule has 1 N–H and O–H groups in total. The molecule has 0 amide bonds. The monoisotopic (exact) mass is 361 g/mol. The molecule has 27 heavy (non-hydrogen) atoms. The standard InChI is InChI=1S/C20H15N3O4/c21-11-17-19(22-12-15-7-4-10-24-15)27-20(23-17)18-9-8-16(26-18)13-25-14-5-2-1-3-6-14/h1-10,22H,12-13H2. The molecule has 0 spiro atoms. The van der Waals surface area contributed by atoms with Crippen LogP contribution in [0.2, 0.25) is 0 Å². The smallest absolute Gasteiger partial charge is 0.266 e. The molecular weight excluding hydrogens is 346 g/mol. The van der Waals surface area contributed by atoms with Crippen molar-refractivity contribution in [3.63, 3.8) is 0 Å². The number of para-hydroxylation sites is 1. The number of furan rings is 2. The Morgan fingerprint density at radius 2 is 1.89 bits per heavy atom. The van der Waals surface area contributed by atoms with Gasteiger partial charge in [0.2, 0.25) is 11.6 Å². The van der Waals surface area contributed by atoms with Gasteiger partial charge in [0.1, 0.15) is 29.9 Å². The Bertz CT molecular complexity index is 1040. The first kappa shape index (κ1) is 16.5. The second-order valence-corrected chi connectivity index (χ2v) is 5.61. The molecule has 3 heterocycles. The molecular formula is C20H15N3O4. The Hall–Kier alpha value is -3.92. The van der Waals surface area contributed by atoms with Gasteiger partial charge in [0.15, 0.2) is 5.76 Å².